The molecule has 4 heteroatoms. The van der Waals surface area contributed by atoms with Gasteiger partial charge in [-0.3, -0.25) is 4.79 Å². The summed E-state index contributed by atoms with van der Waals surface area (Å²) in [5.74, 6) is -0.0371. The summed E-state index contributed by atoms with van der Waals surface area (Å²) in [5, 5.41) is 23.5. The van der Waals surface area contributed by atoms with E-state index in [0.717, 1.165) is 83.5 Å². The van der Waals surface area contributed by atoms with Gasteiger partial charge in [-0.05, 0) is 83.5 Å². The standard InChI is InChI=1S/C78H139NO3/c1-3-5-7-9-11-13-15-17-19-21-23-25-27-29-31-33-35-37-38-39-40-42-44-46-48-50-52-54-56-58-60-62-64-66-68-70-72-74-78(82)79-76(75-80)77(81)73-71-69-67-65-63-61-59-57-55-53-51-49-47-45-43-41-36-34-32-30-28-26-24-22-20-18-16-14-12-10-8-6-4-2/h5,7,11,13,17,19,23,25,29,31,35,37,39-40,44,46,50,52,76-77,80-81H,3-4,6,8-10,12,14-16,18,20-22,24,26-28,30,32-34,36,38,41-43,45,47-49,51,53-75H2,1-2H3,(H,79,82)/b7-5-,13-11-,19-17-,25-23-,31-29-,37-35-,40-39-,46-44-,52-50-. The highest BCUT2D eigenvalue weighted by molar-refractivity contribution is 5.76. The third-order valence-electron chi connectivity index (χ3n) is 16.3. The quantitative estimate of drug-likeness (QED) is 0.0420. The summed E-state index contributed by atoms with van der Waals surface area (Å²) in [6, 6.07) is -0.549. The van der Waals surface area contributed by atoms with Crippen molar-refractivity contribution in [3.63, 3.8) is 0 Å². The van der Waals surface area contributed by atoms with E-state index in [2.05, 4.69) is 129 Å². The molecule has 474 valence electrons. The summed E-state index contributed by atoms with van der Waals surface area (Å²) < 4.78 is 0. The largest absolute Gasteiger partial charge is 0.394 e. The molecule has 2 unspecified atom stereocenters. The lowest BCUT2D eigenvalue weighted by atomic mass is 10.0. The molecule has 0 aliphatic rings. The first kappa shape index (κ1) is 79.0. The van der Waals surface area contributed by atoms with Crippen LogP contribution in [0.3, 0.4) is 0 Å². The molecule has 1 amide bonds. The van der Waals surface area contributed by atoms with Crippen LogP contribution in [-0.2, 0) is 4.79 Å². The fourth-order valence-corrected chi connectivity index (χ4v) is 10.9. The number of carbonyl (C=O) groups is 1. The van der Waals surface area contributed by atoms with E-state index in [4.69, 9.17) is 0 Å². The van der Waals surface area contributed by atoms with Crippen LogP contribution < -0.4 is 5.32 Å². The summed E-state index contributed by atoms with van der Waals surface area (Å²) in [5.41, 5.74) is 0. The number of amides is 1. The SMILES string of the molecule is CC/C=C\C/C=C\C/C=C\C/C=C\C/C=C\C/C=C\C/C=C\C/C=C\C/C=C\CCCCCCCCCCCC(=O)NC(CO)C(O)CCCCCCCCCCCCCCCCCCCCCCCCCCCCCCCCCCC. The van der Waals surface area contributed by atoms with Crippen LogP contribution in [-0.4, -0.2) is 34.9 Å². The van der Waals surface area contributed by atoms with Gasteiger partial charge in [-0.15, -0.1) is 0 Å². The number of unbranched alkanes of at least 4 members (excludes halogenated alkanes) is 41. The molecule has 0 fully saturated rings. The second-order valence-corrected chi connectivity index (χ2v) is 24.3. The van der Waals surface area contributed by atoms with Crippen molar-refractivity contribution in [2.45, 2.75) is 373 Å². The highest BCUT2D eigenvalue weighted by Gasteiger charge is 2.20. The Balaban J connectivity index is 3.50. The lowest BCUT2D eigenvalue weighted by molar-refractivity contribution is -0.123. The molecule has 0 aromatic rings. The van der Waals surface area contributed by atoms with Gasteiger partial charge in [-0.2, -0.15) is 0 Å². The molecule has 2 atom stereocenters. The summed E-state index contributed by atoms with van der Waals surface area (Å²) in [6.07, 6.45) is 109. The van der Waals surface area contributed by atoms with Crippen molar-refractivity contribution in [2.24, 2.45) is 0 Å². The Bertz CT molecular complexity index is 1530. The van der Waals surface area contributed by atoms with E-state index < -0.39 is 12.1 Å². The van der Waals surface area contributed by atoms with Crippen molar-refractivity contribution < 1.29 is 15.0 Å². The molecule has 0 rings (SSSR count). The van der Waals surface area contributed by atoms with E-state index >= 15 is 0 Å². The fraction of sp³-hybridized carbons (Fsp3) is 0.756. The maximum atomic E-state index is 12.6. The molecule has 4 nitrogen and oxygen atoms in total. The monoisotopic (exact) mass is 1140 g/mol. The van der Waals surface area contributed by atoms with Crippen LogP contribution in [0.4, 0.5) is 0 Å². The van der Waals surface area contributed by atoms with Crippen molar-refractivity contribution >= 4 is 5.91 Å². The van der Waals surface area contributed by atoms with Crippen LogP contribution in [0.15, 0.2) is 109 Å². The summed E-state index contributed by atoms with van der Waals surface area (Å²) >= 11 is 0. The lowest BCUT2D eigenvalue weighted by Crippen LogP contribution is -2.45. The first-order chi connectivity index (χ1) is 40.7. The van der Waals surface area contributed by atoms with Crippen LogP contribution in [0, 0.1) is 0 Å². The Labute approximate surface area is 512 Å². The number of aliphatic hydroxyl groups is 2. The summed E-state index contributed by atoms with van der Waals surface area (Å²) in [4.78, 5) is 12.6. The molecule has 0 aliphatic heterocycles. The lowest BCUT2D eigenvalue weighted by Gasteiger charge is -2.22. The molecule has 0 radical (unpaired) electrons. The Kier molecular flexibility index (Phi) is 69.7. The maximum absolute atomic E-state index is 12.6. The van der Waals surface area contributed by atoms with Crippen LogP contribution >= 0.6 is 0 Å². The zero-order chi connectivity index (χ0) is 59.1. The number of hydrogen-bond acceptors (Lipinski definition) is 3. The molecule has 82 heavy (non-hydrogen) atoms. The topological polar surface area (TPSA) is 69.6 Å². The molecule has 0 spiro atoms. The third-order valence-corrected chi connectivity index (χ3v) is 16.3. The molecule has 0 saturated carbocycles. The zero-order valence-electron chi connectivity index (χ0n) is 54.7. The highest BCUT2D eigenvalue weighted by atomic mass is 16.3. The minimum absolute atomic E-state index is 0.0371. The normalized spacial score (nSPS) is 13.4. The smallest absolute Gasteiger partial charge is 0.220 e. The highest BCUT2D eigenvalue weighted by Crippen LogP contribution is 2.19. The van der Waals surface area contributed by atoms with Crippen molar-refractivity contribution in [2.75, 3.05) is 6.61 Å². The fourth-order valence-electron chi connectivity index (χ4n) is 10.9. The van der Waals surface area contributed by atoms with Gasteiger partial charge in [0.25, 0.3) is 0 Å². The number of nitrogens with one attached hydrogen (secondary N) is 1. The predicted molar refractivity (Wildman–Crippen MR) is 368 cm³/mol. The van der Waals surface area contributed by atoms with Gasteiger partial charge in [0.15, 0.2) is 0 Å². The summed E-state index contributed by atoms with van der Waals surface area (Å²) in [7, 11) is 0. The second-order valence-electron chi connectivity index (χ2n) is 24.3. The maximum Gasteiger partial charge on any atom is 0.220 e. The molecule has 0 aromatic carbocycles. The van der Waals surface area contributed by atoms with E-state index in [1.54, 1.807) is 0 Å². The van der Waals surface area contributed by atoms with Crippen molar-refractivity contribution in [1.29, 1.82) is 0 Å². The Hall–Kier alpha value is -2.95. The van der Waals surface area contributed by atoms with E-state index in [-0.39, 0.29) is 12.5 Å². The van der Waals surface area contributed by atoms with Crippen LogP contribution in [0.25, 0.3) is 0 Å². The molecular weight excluding hydrogens is 999 g/mol. The zero-order valence-corrected chi connectivity index (χ0v) is 54.7. The molecule has 0 saturated heterocycles. The van der Waals surface area contributed by atoms with E-state index in [1.807, 2.05) is 0 Å². The van der Waals surface area contributed by atoms with Crippen LogP contribution in [0.2, 0.25) is 0 Å². The molecule has 0 heterocycles. The minimum Gasteiger partial charge on any atom is -0.394 e. The number of hydrogen-bond donors (Lipinski definition) is 3. The van der Waals surface area contributed by atoms with Crippen LogP contribution in [0.5, 0.6) is 0 Å². The summed E-state index contributed by atoms with van der Waals surface area (Å²) in [6.45, 7) is 4.27. The molecule has 0 aromatic heterocycles. The van der Waals surface area contributed by atoms with Crippen molar-refractivity contribution in [1.82, 2.24) is 5.32 Å². The van der Waals surface area contributed by atoms with E-state index in [0.29, 0.717) is 12.8 Å². The van der Waals surface area contributed by atoms with Gasteiger partial charge in [0.1, 0.15) is 0 Å². The molecule has 0 bridgehead atoms. The van der Waals surface area contributed by atoms with Gasteiger partial charge < -0.3 is 15.5 Å². The van der Waals surface area contributed by atoms with Crippen molar-refractivity contribution in [3.8, 4) is 0 Å². The first-order valence-electron chi connectivity index (χ1n) is 36.1. The minimum atomic E-state index is -0.672. The number of rotatable bonds is 66. The van der Waals surface area contributed by atoms with Gasteiger partial charge in [-0.1, -0.05) is 380 Å². The molecular formula is C78H139NO3. The van der Waals surface area contributed by atoms with Gasteiger partial charge in [0.05, 0.1) is 18.8 Å². The molecule has 0 aliphatic carbocycles. The molecule has 3 N–H and O–H groups in total. The Morgan fingerprint density at radius 1 is 0.305 bits per heavy atom. The van der Waals surface area contributed by atoms with E-state index in [9.17, 15) is 15.0 Å². The van der Waals surface area contributed by atoms with Gasteiger partial charge in [0, 0.05) is 6.42 Å². The van der Waals surface area contributed by atoms with Gasteiger partial charge in [-0.25, -0.2) is 0 Å². The predicted octanol–water partition coefficient (Wildman–Crippen LogP) is 24.9. The first-order valence-corrected chi connectivity index (χ1v) is 36.1. The average Bonchev–Trinajstić information content (AvgIpc) is 3.50. The van der Waals surface area contributed by atoms with Crippen LogP contribution in [0.1, 0.15) is 361 Å². The second kappa shape index (κ2) is 72.3. The van der Waals surface area contributed by atoms with E-state index in [1.165, 1.54) is 250 Å². The number of allylic oxidation sites excluding steroid dienone is 18. The van der Waals surface area contributed by atoms with Gasteiger partial charge in [0.2, 0.25) is 5.91 Å². The number of aliphatic hydroxyl groups excluding tert-OH is 2. The Morgan fingerprint density at radius 3 is 0.805 bits per heavy atom. The average molecular weight is 1140 g/mol. The van der Waals surface area contributed by atoms with Gasteiger partial charge >= 0.3 is 0 Å². The number of carbonyl (C=O) groups excluding carboxylic acids is 1. The van der Waals surface area contributed by atoms with Crippen molar-refractivity contribution in [3.05, 3.63) is 109 Å². The third kappa shape index (κ3) is 67.8. The Morgan fingerprint density at radius 2 is 0.537 bits per heavy atom.